The lowest BCUT2D eigenvalue weighted by molar-refractivity contribution is -0.123. The Bertz CT molecular complexity index is 653. The highest BCUT2D eigenvalue weighted by Crippen LogP contribution is 2.42. The summed E-state index contributed by atoms with van der Waals surface area (Å²) in [6, 6.07) is 15.4. The third kappa shape index (κ3) is 3.96. The normalized spacial score (nSPS) is 16.6. The van der Waals surface area contributed by atoms with Gasteiger partial charge in [-0.1, -0.05) is 42.5 Å². The SMILES string of the molecule is O=C(NCC(O)c1ccc(F)cc1)C(c1ccccc1)C1CC1. The van der Waals surface area contributed by atoms with Gasteiger partial charge in [0, 0.05) is 6.54 Å². The van der Waals surface area contributed by atoms with Crippen LogP contribution in [0.1, 0.15) is 36.0 Å². The molecule has 1 aliphatic carbocycles. The summed E-state index contributed by atoms with van der Waals surface area (Å²) in [4.78, 5) is 12.5. The van der Waals surface area contributed by atoms with Crippen LogP contribution in [0, 0.1) is 11.7 Å². The molecule has 1 aliphatic rings. The third-order valence-corrected chi connectivity index (χ3v) is 4.26. The quantitative estimate of drug-likeness (QED) is 0.860. The van der Waals surface area contributed by atoms with E-state index in [1.54, 1.807) is 0 Å². The lowest BCUT2D eigenvalue weighted by Crippen LogP contribution is -2.33. The second-order valence-electron chi connectivity index (χ2n) is 6.04. The van der Waals surface area contributed by atoms with Crippen molar-refractivity contribution >= 4 is 5.91 Å². The fourth-order valence-corrected chi connectivity index (χ4v) is 2.84. The van der Waals surface area contributed by atoms with Crippen LogP contribution >= 0.6 is 0 Å². The molecule has 2 N–H and O–H groups in total. The van der Waals surface area contributed by atoms with E-state index in [9.17, 15) is 14.3 Å². The van der Waals surface area contributed by atoms with Crippen LogP contribution < -0.4 is 5.32 Å². The summed E-state index contributed by atoms with van der Waals surface area (Å²) in [6.45, 7) is 0.126. The molecule has 2 aromatic carbocycles. The summed E-state index contributed by atoms with van der Waals surface area (Å²) >= 11 is 0. The molecule has 0 spiro atoms. The van der Waals surface area contributed by atoms with Crippen molar-refractivity contribution in [2.24, 2.45) is 5.92 Å². The summed E-state index contributed by atoms with van der Waals surface area (Å²) in [7, 11) is 0. The Kier molecular flexibility index (Phi) is 4.72. The van der Waals surface area contributed by atoms with E-state index in [0.29, 0.717) is 11.5 Å². The molecule has 0 saturated heterocycles. The monoisotopic (exact) mass is 313 g/mol. The van der Waals surface area contributed by atoms with Crippen molar-refractivity contribution in [3.63, 3.8) is 0 Å². The number of hydrogen-bond donors (Lipinski definition) is 2. The van der Waals surface area contributed by atoms with Gasteiger partial charge < -0.3 is 10.4 Å². The molecule has 0 heterocycles. The molecule has 1 amide bonds. The average molecular weight is 313 g/mol. The molecule has 23 heavy (non-hydrogen) atoms. The van der Waals surface area contributed by atoms with E-state index in [1.165, 1.54) is 24.3 Å². The maximum absolute atomic E-state index is 12.9. The Morgan fingerprint density at radius 2 is 1.74 bits per heavy atom. The second-order valence-corrected chi connectivity index (χ2v) is 6.04. The lowest BCUT2D eigenvalue weighted by Gasteiger charge is -2.18. The molecule has 120 valence electrons. The van der Waals surface area contributed by atoms with E-state index in [-0.39, 0.29) is 24.2 Å². The van der Waals surface area contributed by atoms with Gasteiger partial charge in [0.15, 0.2) is 0 Å². The Morgan fingerprint density at radius 3 is 2.35 bits per heavy atom. The van der Waals surface area contributed by atoms with E-state index in [4.69, 9.17) is 0 Å². The average Bonchev–Trinajstić information content (AvgIpc) is 3.39. The summed E-state index contributed by atoms with van der Waals surface area (Å²) in [6.07, 6.45) is 1.29. The minimum atomic E-state index is -0.838. The Balaban J connectivity index is 1.62. The molecule has 2 atom stereocenters. The van der Waals surface area contributed by atoms with Crippen LogP contribution in [0.5, 0.6) is 0 Å². The molecular weight excluding hydrogens is 293 g/mol. The highest BCUT2D eigenvalue weighted by Gasteiger charge is 2.37. The molecule has 0 radical (unpaired) electrons. The van der Waals surface area contributed by atoms with Crippen molar-refractivity contribution in [2.45, 2.75) is 24.9 Å². The number of benzene rings is 2. The first-order valence-corrected chi connectivity index (χ1v) is 7.91. The fourth-order valence-electron chi connectivity index (χ4n) is 2.84. The molecule has 4 heteroatoms. The van der Waals surface area contributed by atoms with E-state index < -0.39 is 6.10 Å². The molecular formula is C19H20FNO2. The Morgan fingerprint density at radius 1 is 1.09 bits per heavy atom. The predicted molar refractivity (Wildman–Crippen MR) is 86.3 cm³/mol. The number of carbonyl (C=O) groups is 1. The summed E-state index contributed by atoms with van der Waals surface area (Å²) < 4.78 is 12.9. The van der Waals surface area contributed by atoms with Gasteiger partial charge >= 0.3 is 0 Å². The van der Waals surface area contributed by atoms with Crippen LogP contribution in [0.15, 0.2) is 54.6 Å². The van der Waals surface area contributed by atoms with Crippen molar-refractivity contribution < 1.29 is 14.3 Å². The van der Waals surface area contributed by atoms with Gasteiger partial charge in [-0.25, -0.2) is 4.39 Å². The van der Waals surface area contributed by atoms with E-state index in [2.05, 4.69) is 5.32 Å². The van der Waals surface area contributed by atoms with Gasteiger partial charge in [0.05, 0.1) is 12.0 Å². The van der Waals surface area contributed by atoms with Crippen molar-refractivity contribution in [2.75, 3.05) is 6.54 Å². The highest BCUT2D eigenvalue weighted by atomic mass is 19.1. The zero-order chi connectivity index (χ0) is 16.2. The molecule has 0 aromatic heterocycles. The molecule has 0 bridgehead atoms. The number of rotatable bonds is 6. The molecule has 1 saturated carbocycles. The van der Waals surface area contributed by atoms with Crippen LogP contribution in [-0.2, 0) is 4.79 Å². The van der Waals surface area contributed by atoms with Crippen molar-refractivity contribution in [1.29, 1.82) is 0 Å². The zero-order valence-corrected chi connectivity index (χ0v) is 12.8. The zero-order valence-electron chi connectivity index (χ0n) is 12.8. The van der Waals surface area contributed by atoms with Gasteiger partial charge in [-0.05, 0) is 42.0 Å². The number of nitrogens with one attached hydrogen (secondary N) is 1. The third-order valence-electron chi connectivity index (χ3n) is 4.26. The van der Waals surface area contributed by atoms with Crippen LogP contribution in [0.25, 0.3) is 0 Å². The smallest absolute Gasteiger partial charge is 0.227 e. The van der Waals surface area contributed by atoms with E-state index in [0.717, 1.165) is 18.4 Å². The first-order valence-electron chi connectivity index (χ1n) is 7.91. The Labute approximate surface area is 135 Å². The largest absolute Gasteiger partial charge is 0.387 e. The second kappa shape index (κ2) is 6.92. The molecule has 3 nitrogen and oxygen atoms in total. The van der Waals surface area contributed by atoms with E-state index >= 15 is 0 Å². The first kappa shape index (κ1) is 15.7. The number of amides is 1. The molecule has 3 rings (SSSR count). The van der Waals surface area contributed by atoms with Crippen molar-refractivity contribution in [3.05, 3.63) is 71.5 Å². The minimum absolute atomic E-state index is 0.0557. The number of aliphatic hydroxyl groups excluding tert-OH is 1. The summed E-state index contributed by atoms with van der Waals surface area (Å²) in [5.74, 6) is -0.167. The maximum Gasteiger partial charge on any atom is 0.227 e. The first-order chi connectivity index (χ1) is 11.1. The highest BCUT2D eigenvalue weighted by molar-refractivity contribution is 5.84. The van der Waals surface area contributed by atoms with Crippen molar-refractivity contribution in [1.82, 2.24) is 5.32 Å². The van der Waals surface area contributed by atoms with Gasteiger partial charge in [0.1, 0.15) is 5.82 Å². The number of carbonyl (C=O) groups excluding carboxylic acids is 1. The Hall–Kier alpha value is -2.20. The fraction of sp³-hybridized carbons (Fsp3) is 0.316. The predicted octanol–water partition coefficient (Wildman–Crippen LogP) is 3.17. The minimum Gasteiger partial charge on any atom is -0.387 e. The van der Waals surface area contributed by atoms with Crippen LogP contribution in [-0.4, -0.2) is 17.6 Å². The topological polar surface area (TPSA) is 49.3 Å². The van der Waals surface area contributed by atoms with Crippen LogP contribution in [0.3, 0.4) is 0 Å². The molecule has 0 aliphatic heterocycles. The van der Waals surface area contributed by atoms with Gasteiger partial charge in [0.25, 0.3) is 0 Å². The van der Waals surface area contributed by atoms with Crippen molar-refractivity contribution in [3.8, 4) is 0 Å². The van der Waals surface area contributed by atoms with Gasteiger partial charge in [-0.3, -0.25) is 4.79 Å². The molecule has 2 unspecified atom stereocenters. The number of aliphatic hydroxyl groups is 1. The summed E-state index contributed by atoms with van der Waals surface area (Å²) in [5, 5.41) is 13.0. The molecule has 1 fully saturated rings. The lowest BCUT2D eigenvalue weighted by atomic mass is 9.93. The standard InChI is InChI=1S/C19H20FNO2/c20-16-10-8-13(9-11-16)17(22)12-21-19(23)18(15-6-7-15)14-4-2-1-3-5-14/h1-5,8-11,15,17-18,22H,6-7,12H2,(H,21,23). The van der Waals surface area contributed by atoms with Crippen LogP contribution in [0.4, 0.5) is 4.39 Å². The van der Waals surface area contributed by atoms with Gasteiger partial charge in [-0.15, -0.1) is 0 Å². The molecule has 2 aromatic rings. The number of hydrogen-bond acceptors (Lipinski definition) is 2. The van der Waals surface area contributed by atoms with Crippen LogP contribution in [0.2, 0.25) is 0 Å². The summed E-state index contributed by atoms with van der Waals surface area (Å²) in [5.41, 5.74) is 1.61. The van der Waals surface area contributed by atoms with E-state index in [1.807, 2.05) is 30.3 Å². The maximum atomic E-state index is 12.9. The van der Waals surface area contributed by atoms with Gasteiger partial charge in [-0.2, -0.15) is 0 Å². The number of halogens is 1. The van der Waals surface area contributed by atoms with Gasteiger partial charge in [0.2, 0.25) is 5.91 Å².